The Balaban J connectivity index is 1.92. The van der Waals surface area contributed by atoms with Crippen LogP contribution in [-0.4, -0.2) is 50.3 Å². The Labute approximate surface area is 183 Å². The predicted octanol–water partition coefficient (Wildman–Crippen LogP) is 4.57. The van der Waals surface area contributed by atoms with Crippen LogP contribution < -0.4 is 10.5 Å². The molecule has 1 aromatic carbocycles. The minimum Gasteiger partial charge on any atom is -0.492 e. The monoisotopic (exact) mass is 418 g/mol. The highest BCUT2D eigenvalue weighted by atomic mass is 16.5. The first kappa shape index (κ1) is 24.7. The van der Waals surface area contributed by atoms with E-state index in [9.17, 15) is 4.79 Å². The van der Waals surface area contributed by atoms with E-state index < -0.39 is 5.41 Å². The fourth-order valence-corrected chi connectivity index (χ4v) is 4.25. The van der Waals surface area contributed by atoms with Crippen molar-refractivity contribution in [1.29, 1.82) is 0 Å². The topological polar surface area (TPSA) is 64.8 Å². The molecule has 0 aromatic heterocycles. The van der Waals surface area contributed by atoms with Crippen LogP contribution in [0.2, 0.25) is 0 Å². The molecule has 1 aliphatic rings. The molecule has 1 amide bonds. The van der Waals surface area contributed by atoms with Crippen LogP contribution in [0.15, 0.2) is 24.3 Å². The maximum absolute atomic E-state index is 12.5. The molecule has 2 N–H and O–H groups in total. The number of morpholine rings is 1. The molecule has 0 spiro atoms. The van der Waals surface area contributed by atoms with Gasteiger partial charge < -0.3 is 15.2 Å². The minimum atomic E-state index is -0.428. The van der Waals surface area contributed by atoms with Gasteiger partial charge in [0.05, 0.1) is 18.6 Å². The summed E-state index contributed by atoms with van der Waals surface area (Å²) < 4.78 is 11.3. The highest BCUT2D eigenvalue weighted by Crippen LogP contribution is 2.35. The molecule has 0 radical (unpaired) electrons. The normalized spacial score (nSPS) is 16.9. The molecule has 0 bridgehead atoms. The molecule has 1 aliphatic heterocycles. The summed E-state index contributed by atoms with van der Waals surface area (Å²) in [6, 6.07) is 8.24. The van der Waals surface area contributed by atoms with Crippen molar-refractivity contribution in [3.05, 3.63) is 29.8 Å². The lowest BCUT2D eigenvalue weighted by Crippen LogP contribution is -2.39. The Morgan fingerprint density at radius 3 is 2.33 bits per heavy atom. The van der Waals surface area contributed by atoms with E-state index in [1.165, 1.54) is 24.8 Å². The Kier molecular flexibility index (Phi) is 11.2. The molecule has 0 unspecified atom stereocenters. The number of benzene rings is 1. The quantitative estimate of drug-likeness (QED) is 0.424. The fraction of sp³-hybridized carbons (Fsp3) is 0.720. The van der Waals surface area contributed by atoms with Crippen LogP contribution in [0.3, 0.4) is 0 Å². The zero-order chi connectivity index (χ0) is 21.7. The third-order valence-electron chi connectivity index (χ3n) is 6.29. The van der Waals surface area contributed by atoms with Gasteiger partial charge in [0.25, 0.3) is 0 Å². The van der Waals surface area contributed by atoms with E-state index in [-0.39, 0.29) is 5.91 Å². The number of ether oxygens (including phenoxy) is 2. The standard InChI is InChI=1S/C25H42N2O3/c1-3-5-7-8-14-25(24(26)28,13-6-4-2)21-22-9-11-23(12-10-22)30-20-17-27-15-18-29-19-16-27/h9-12H,3-8,13-21H2,1-2H3,(H2,26,28)/t25-/m1/s1. The van der Waals surface area contributed by atoms with Crippen LogP contribution in [0.4, 0.5) is 0 Å². The van der Waals surface area contributed by atoms with E-state index in [0.29, 0.717) is 6.61 Å². The van der Waals surface area contributed by atoms with E-state index in [4.69, 9.17) is 15.2 Å². The number of nitrogens with zero attached hydrogens (tertiary/aromatic N) is 1. The van der Waals surface area contributed by atoms with Crippen LogP contribution in [0.25, 0.3) is 0 Å². The first-order valence-corrected chi connectivity index (χ1v) is 11.9. The summed E-state index contributed by atoms with van der Waals surface area (Å²) in [5.41, 5.74) is 6.70. The number of carbonyl (C=O) groups is 1. The first-order chi connectivity index (χ1) is 14.6. The lowest BCUT2D eigenvalue weighted by atomic mass is 9.73. The second-order valence-corrected chi connectivity index (χ2v) is 8.68. The number of amides is 1. The third kappa shape index (κ3) is 8.27. The van der Waals surface area contributed by atoms with Gasteiger partial charge in [-0.05, 0) is 37.0 Å². The molecule has 170 valence electrons. The highest BCUT2D eigenvalue weighted by molar-refractivity contribution is 5.81. The van der Waals surface area contributed by atoms with Crippen LogP contribution in [0.5, 0.6) is 5.75 Å². The summed E-state index contributed by atoms with van der Waals surface area (Å²) in [6.45, 7) is 9.57. The lowest BCUT2D eigenvalue weighted by Gasteiger charge is -2.31. The Morgan fingerprint density at radius 1 is 1.03 bits per heavy atom. The van der Waals surface area contributed by atoms with Gasteiger partial charge in [0.1, 0.15) is 12.4 Å². The van der Waals surface area contributed by atoms with Crippen LogP contribution in [0.1, 0.15) is 70.8 Å². The molecule has 2 rings (SSSR count). The molecular formula is C25H42N2O3. The van der Waals surface area contributed by atoms with E-state index in [1.54, 1.807) is 0 Å². The molecule has 1 fully saturated rings. The summed E-state index contributed by atoms with van der Waals surface area (Å²) >= 11 is 0. The molecule has 5 nitrogen and oxygen atoms in total. The van der Waals surface area contributed by atoms with Gasteiger partial charge in [-0.1, -0.05) is 64.5 Å². The average Bonchev–Trinajstić information content (AvgIpc) is 2.76. The van der Waals surface area contributed by atoms with Crippen LogP contribution >= 0.6 is 0 Å². The zero-order valence-electron chi connectivity index (χ0n) is 19.2. The molecule has 5 heteroatoms. The molecule has 0 aliphatic carbocycles. The number of hydrogen-bond donors (Lipinski definition) is 1. The SMILES string of the molecule is CCCCCC[C@](CCCC)(Cc1ccc(OCCN2CCOCC2)cc1)C(N)=O. The molecule has 1 heterocycles. The van der Waals surface area contributed by atoms with Crippen molar-refractivity contribution < 1.29 is 14.3 Å². The minimum absolute atomic E-state index is 0.140. The van der Waals surface area contributed by atoms with Crippen molar-refractivity contribution in [3.63, 3.8) is 0 Å². The van der Waals surface area contributed by atoms with Crippen molar-refractivity contribution in [1.82, 2.24) is 4.90 Å². The van der Waals surface area contributed by atoms with Gasteiger partial charge in [-0.3, -0.25) is 9.69 Å². The smallest absolute Gasteiger partial charge is 0.223 e. The van der Waals surface area contributed by atoms with Crippen molar-refractivity contribution in [2.75, 3.05) is 39.5 Å². The van der Waals surface area contributed by atoms with Crippen LogP contribution in [0, 0.1) is 5.41 Å². The number of primary amides is 1. The van der Waals surface area contributed by atoms with Gasteiger partial charge in [0.2, 0.25) is 5.91 Å². The Hall–Kier alpha value is -1.59. The number of nitrogens with two attached hydrogens (primary N) is 1. The molecular weight excluding hydrogens is 376 g/mol. The van der Waals surface area contributed by atoms with E-state index in [2.05, 4.69) is 30.9 Å². The Morgan fingerprint density at radius 2 is 1.70 bits per heavy atom. The maximum Gasteiger partial charge on any atom is 0.223 e. The molecule has 1 aromatic rings. The molecule has 30 heavy (non-hydrogen) atoms. The Bertz CT molecular complexity index is 599. The number of carbonyl (C=O) groups excluding carboxylic acids is 1. The van der Waals surface area contributed by atoms with Gasteiger partial charge in [-0.2, -0.15) is 0 Å². The third-order valence-corrected chi connectivity index (χ3v) is 6.29. The summed E-state index contributed by atoms with van der Waals surface area (Å²) in [6.07, 6.45) is 9.28. The van der Waals surface area contributed by atoms with Gasteiger partial charge >= 0.3 is 0 Å². The van der Waals surface area contributed by atoms with E-state index in [0.717, 1.165) is 77.1 Å². The number of hydrogen-bond acceptors (Lipinski definition) is 4. The van der Waals surface area contributed by atoms with Crippen molar-refractivity contribution in [2.24, 2.45) is 11.1 Å². The summed E-state index contributed by atoms with van der Waals surface area (Å²) in [5.74, 6) is 0.742. The lowest BCUT2D eigenvalue weighted by molar-refractivity contribution is -0.128. The second kappa shape index (κ2) is 13.7. The zero-order valence-corrected chi connectivity index (χ0v) is 19.2. The summed E-state index contributed by atoms with van der Waals surface area (Å²) in [4.78, 5) is 14.9. The van der Waals surface area contributed by atoms with Crippen molar-refractivity contribution >= 4 is 5.91 Å². The molecule has 1 atom stereocenters. The van der Waals surface area contributed by atoms with E-state index in [1.807, 2.05) is 12.1 Å². The summed E-state index contributed by atoms with van der Waals surface area (Å²) in [5, 5.41) is 0. The fourth-order valence-electron chi connectivity index (χ4n) is 4.25. The van der Waals surface area contributed by atoms with Crippen LogP contribution in [-0.2, 0) is 16.0 Å². The number of rotatable bonds is 15. The van der Waals surface area contributed by atoms with Crippen molar-refractivity contribution in [2.45, 2.75) is 71.6 Å². The number of unbranched alkanes of at least 4 members (excludes halogenated alkanes) is 4. The first-order valence-electron chi connectivity index (χ1n) is 11.9. The maximum atomic E-state index is 12.5. The van der Waals surface area contributed by atoms with Gasteiger partial charge in [-0.25, -0.2) is 0 Å². The van der Waals surface area contributed by atoms with Gasteiger partial charge in [-0.15, -0.1) is 0 Å². The largest absolute Gasteiger partial charge is 0.492 e. The van der Waals surface area contributed by atoms with Gasteiger partial charge in [0, 0.05) is 19.6 Å². The predicted molar refractivity (Wildman–Crippen MR) is 123 cm³/mol. The van der Waals surface area contributed by atoms with Crippen molar-refractivity contribution in [3.8, 4) is 5.75 Å². The van der Waals surface area contributed by atoms with E-state index >= 15 is 0 Å². The highest BCUT2D eigenvalue weighted by Gasteiger charge is 2.35. The second-order valence-electron chi connectivity index (χ2n) is 8.68. The molecule has 0 saturated carbocycles. The van der Waals surface area contributed by atoms with Gasteiger partial charge in [0.15, 0.2) is 0 Å². The molecule has 1 saturated heterocycles. The average molecular weight is 419 g/mol. The summed E-state index contributed by atoms with van der Waals surface area (Å²) in [7, 11) is 0.